The molecular formula is C49H41NS. The Morgan fingerprint density at radius 1 is 0.412 bits per heavy atom. The summed E-state index contributed by atoms with van der Waals surface area (Å²) in [6, 6.07) is 52.3. The maximum atomic E-state index is 2.49. The van der Waals surface area contributed by atoms with Crippen molar-refractivity contribution >= 4 is 59.3 Å². The smallest absolute Gasteiger partial charge is 0.0468 e. The molecule has 0 spiro atoms. The summed E-state index contributed by atoms with van der Waals surface area (Å²) in [5.41, 5.74) is 14.5. The van der Waals surface area contributed by atoms with Crippen LogP contribution in [0.2, 0.25) is 0 Å². The molecule has 1 nitrogen and oxygen atoms in total. The summed E-state index contributed by atoms with van der Waals surface area (Å²) in [5.74, 6) is 0. The van der Waals surface area contributed by atoms with Crippen LogP contribution in [0.5, 0.6) is 0 Å². The van der Waals surface area contributed by atoms with Crippen LogP contribution in [0.25, 0.3) is 53.2 Å². The van der Waals surface area contributed by atoms with Crippen molar-refractivity contribution in [2.24, 2.45) is 0 Å². The molecule has 0 bridgehead atoms. The zero-order valence-corrected chi connectivity index (χ0v) is 31.0. The largest absolute Gasteiger partial charge is 0.310 e. The van der Waals surface area contributed by atoms with Gasteiger partial charge in [0.1, 0.15) is 0 Å². The van der Waals surface area contributed by atoms with Gasteiger partial charge in [0.15, 0.2) is 0 Å². The summed E-state index contributed by atoms with van der Waals surface area (Å²) in [4.78, 5) is 2.45. The number of para-hydroxylation sites is 1. The fraction of sp³-hybridized carbons (Fsp3) is 0.184. The third-order valence-electron chi connectivity index (χ3n) is 12.7. The first-order valence-corrected chi connectivity index (χ1v) is 19.0. The minimum Gasteiger partial charge on any atom is -0.310 e. The zero-order chi connectivity index (χ0) is 34.9. The quantitative estimate of drug-likeness (QED) is 0.180. The summed E-state index contributed by atoms with van der Waals surface area (Å²) in [5, 5.41) is 5.37. The molecule has 0 saturated carbocycles. The second-order valence-electron chi connectivity index (χ2n) is 16.1. The van der Waals surface area contributed by atoms with Gasteiger partial charge in [0.05, 0.1) is 0 Å². The van der Waals surface area contributed by atoms with Crippen molar-refractivity contribution in [3.8, 4) is 22.3 Å². The molecule has 8 aromatic rings. The molecule has 248 valence electrons. The molecule has 0 aliphatic heterocycles. The average Bonchev–Trinajstić information content (AvgIpc) is 3.62. The van der Waals surface area contributed by atoms with Gasteiger partial charge in [-0.2, -0.15) is 0 Å². The van der Waals surface area contributed by atoms with E-state index in [-0.39, 0.29) is 16.2 Å². The predicted octanol–water partition coefficient (Wildman–Crippen LogP) is 14.2. The first kappa shape index (κ1) is 30.6. The topological polar surface area (TPSA) is 3.24 Å². The lowest BCUT2D eigenvalue weighted by Gasteiger charge is -2.50. The highest BCUT2D eigenvalue weighted by molar-refractivity contribution is 7.25. The summed E-state index contributed by atoms with van der Waals surface area (Å²) < 4.78 is 2.65. The molecule has 10 rings (SSSR count). The highest BCUT2D eigenvalue weighted by Gasteiger charge is 2.51. The van der Waals surface area contributed by atoms with E-state index in [1.807, 2.05) is 11.3 Å². The van der Waals surface area contributed by atoms with Crippen molar-refractivity contribution < 1.29 is 0 Å². The molecule has 0 fully saturated rings. The first-order chi connectivity index (χ1) is 24.6. The molecule has 7 aromatic carbocycles. The van der Waals surface area contributed by atoms with Gasteiger partial charge in [-0.3, -0.25) is 0 Å². The van der Waals surface area contributed by atoms with Crippen molar-refractivity contribution in [1.82, 2.24) is 0 Å². The molecule has 51 heavy (non-hydrogen) atoms. The molecule has 2 aliphatic carbocycles. The third kappa shape index (κ3) is 4.03. The van der Waals surface area contributed by atoms with Crippen LogP contribution in [0.15, 0.2) is 140 Å². The van der Waals surface area contributed by atoms with E-state index in [1.54, 1.807) is 0 Å². The van der Waals surface area contributed by atoms with Crippen LogP contribution in [0.3, 0.4) is 0 Å². The Hall–Kier alpha value is -5.18. The summed E-state index contributed by atoms with van der Waals surface area (Å²) in [6.07, 6.45) is 0. The van der Waals surface area contributed by atoms with Crippen molar-refractivity contribution in [3.63, 3.8) is 0 Å². The van der Waals surface area contributed by atoms with Crippen LogP contribution < -0.4 is 4.90 Å². The van der Waals surface area contributed by atoms with E-state index in [0.29, 0.717) is 0 Å². The van der Waals surface area contributed by atoms with E-state index in [0.717, 1.165) is 5.69 Å². The molecule has 1 heterocycles. The number of thiophene rings is 1. The number of benzene rings is 7. The van der Waals surface area contributed by atoms with Crippen molar-refractivity contribution in [2.75, 3.05) is 4.90 Å². The fourth-order valence-corrected chi connectivity index (χ4v) is 10.7. The van der Waals surface area contributed by atoms with Crippen molar-refractivity contribution in [3.05, 3.63) is 162 Å². The van der Waals surface area contributed by atoms with Crippen molar-refractivity contribution in [1.29, 1.82) is 0 Å². The first-order valence-electron chi connectivity index (χ1n) is 18.2. The van der Waals surface area contributed by atoms with E-state index in [9.17, 15) is 0 Å². The van der Waals surface area contributed by atoms with E-state index in [1.165, 1.54) is 86.8 Å². The number of hydrogen-bond acceptors (Lipinski definition) is 2. The molecule has 0 radical (unpaired) electrons. The Labute approximate surface area is 304 Å². The monoisotopic (exact) mass is 675 g/mol. The van der Waals surface area contributed by atoms with Gasteiger partial charge in [0.25, 0.3) is 0 Å². The van der Waals surface area contributed by atoms with Gasteiger partial charge in [-0.25, -0.2) is 0 Å². The van der Waals surface area contributed by atoms with Crippen LogP contribution in [-0.2, 0) is 16.2 Å². The third-order valence-corrected chi connectivity index (χ3v) is 13.9. The van der Waals surface area contributed by atoms with Gasteiger partial charge in [-0.05, 0) is 109 Å². The normalized spacial score (nSPS) is 16.1. The number of nitrogens with zero attached hydrogens (tertiary/aromatic N) is 1. The maximum absolute atomic E-state index is 2.49. The lowest BCUT2D eigenvalue weighted by Crippen LogP contribution is -2.44. The van der Waals surface area contributed by atoms with Crippen LogP contribution in [0.1, 0.15) is 63.8 Å². The predicted molar refractivity (Wildman–Crippen MR) is 221 cm³/mol. The molecule has 0 N–H and O–H groups in total. The summed E-state index contributed by atoms with van der Waals surface area (Å²) in [7, 11) is 0. The maximum Gasteiger partial charge on any atom is 0.0468 e. The van der Waals surface area contributed by atoms with Gasteiger partial charge in [-0.15, -0.1) is 11.3 Å². The molecule has 0 unspecified atom stereocenters. The summed E-state index contributed by atoms with van der Waals surface area (Å²) in [6.45, 7) is 14.8. The molecule has 2 heteroatoms. The minimum atomic E-state index is -0.206. The van der Waals surface area contributed by atoms with Crippen LogP contribution in [0.4, 0.5) is 17.1 Å². The fourth-order valence-electron chi connectivity index (χ4n) is 9.58. The van der Waals surface area contributed by atoms with Crippen molar-refractivity contribution in [2.45, 2.75) is 57.8 Å². The Bertz CT molecular complexity index is 2720. The van der Waals surface area contributed by atoms with Crippen LogP contribution >= 0.6 is 11.3 Å². The molecule has 0 saturated heterocycles. The number of fused-ring (bicyclic) bond motifs is 13. The Morgan fingerprint density at radius 2 is 1.02 bits per heavy atom. The second-order valence-corrected chi connectivity index (χ2v) is 17.2. The van der Waals surface area contributed by atoms with E-state index >= 15 is 0 Å². The number of anilines is 3. The van der Waals surface area contributed by atoms with E-state index < -0.39 is 0 Å². The van der Waals surface area contributed by atoms with Gasteiger partial charge < -0.3 is 4.90 Å². The Morgan fingerprint density at radius 3 is 1.82 bits per heavy atom. The number of hydrogen-bond donors (Lipinski definition) is 0. The highest BCUT2D eigenvalue weighted by Crippen LogP contribution is 2.63. The Kier molecular flexibility index (Phi) is 6.27. The second kappa shape index (κ2) is 10.4. The average molecular weight is 676 g/mol. The zero-order valence-electron chi connectivity index (χ0n) is 30.1. The van der Waals surface area contributed by atoms with Crippen LogP contribution in [0, 0.1) is 0 Å². The van der Waals surface area contributed by atoms with E-state index in [2.05, 4.69) is 186 Å². The molecule has 1 aromatic heterocycles. The van der Waals surface area contributed by atoms with Gasteiger partial charge in [0, 0.05) is 48.1 Å². The molecule has 2 aliphatic rings. The molecule has 0 atom stereocenters. The minimum absolute atomic E-state index is 0.0613. The molecular weight excluding hydrogens is 635 g/mol. The van der Waals surface area contributed by atoms with Gasteiger partial charge >= 0.3 is 0 Å². The Balaban J connectivity index is 1.25. The standard InChI is InChI=1S/C49H41NS/c1-47(2)40-29-32(50(30-16-8-7-9-17-30)31-25-27-42-38(28-31)33-18-13-15-23-41(33)51-42)24-26-37(40)44-45(47)35-20-11-10-19-34(35)43-36-21-12-14-22-39(36)48(3,4)49(5,6)46(43)44/h7-29H,1-6H3. The molecule has 0 amide bonds. The summed E-state index contributed by atoms with van der Waals surface area (Å²) >= 11 is 1.87. The number of rotatable bonds is 3. The van der Waals surface area contributed by atoms with Crippen LogP contribution in [-0.4, -0.2) is 0 Å². The van der Waals surface area contributed by atoms with Gasteiger partial charge in [-0.1, -0.05) is 133 Å². The van der Waals surface area contributed by atoms with Gasteiger partial charge in [0.2, 0.25) is 0 Å². The lowest BCUT2D eigenvalue weighted by molar-refractivity contribution is 0.300. The lowest BCUT2D eigenvalue weighted by atomic mass is 9.53. The SMILES string of the molecule is CC1(C)c2cc(N(c3ccccc3)c3ccc4sc5ccccc5c4c3)ccc2-c2c3c(c4ccccc4c21)-c1ccccc1C(C)(C)C3(C)C. The van der Waals surface area contributed by atoms with E-state index in [4.69, 9.17) is 0 Å². The highest BCUT2D eigenvalue weighted by atomic mass is 32.1.